The van der Waals surface area contributed by atoms with Gasteiger partial charge in [-0.15, -0.1) is 11.3 Å². The van der Waals surface area contributed by atoms with Crippen LogP contribution in [0.25, 0.3) is 0 Å². The average Bonchev–Trinajstić information content (AvgIpc) is 3.64. The number of morpholine rings is 1. The van der Waals surface area contributed by atoms with Gasteiger partial charge in [0.1, 0.15) is 18.0 Å². The Bertz CT molecular complexity index is 1100. The molecule has 0 radical (unpaired) electrons. The molecule has 0 spiro atoms. The summed E-state index contributed by atoms with van der Waals surface area (Å²) in [5.74, 6) is 1.07. The molecule has 0 unspecified atom stereocenters. The molecule has 0 saturated carbocycles. The first kappa shape index (κ1) is 27.9. The number of ether oxygens (including phenoxy) is 3. The Morgan fingerprint density at radius 1 is 1.21 bits per heavy atom. The minimum Gasteiger partial charge on any atom is -0.497 e. The van der Waals surface area contributed by atoms with Gasteiger partial charge in [-0.2, -0.15) is 5.10 Å². The van der Waals surface area contributed by atoms with Crippen LogP contribution in [0.1, 0.15) is 36.2 Å². The maximum absolute atomic E-state index is 13.8. The van der Waals surface area contributed by atoms with Crippen molar-refractivity contribution < 1.29 is 23.8 Å². The molecule has 11 heteroatoms. The fraction of sp³-hybridized carbons (Fsp3) is 0.519. The van der Waals surface area contributed by atoms with Crippen LogP contribution in [-0.2, 0) is 9.53 Å². The smallest absolute Gasteiger partial charge is 0.317 e. The number of rotatable bonds is 11. The number of urea groups is 1. The Balaban J connectivity index is 1.58. The van der Waals surface area contributed by atoms with E-state index in [4.69, 9.17) is 19.3 Å². The molecule has 2 aliphatic rings. The topological polar surface area (TPSA) is 95.9 Å². The summed E-state index contributed by atoms with van der Waals surface area (Å²) in [6.07, 6.45) is 1.35. The highest BCUT2D eigenvalue weighted by atomic mass is 32.1. The van der Waals surface area contributed by atoms with Gasteiger partial charge < -0.3 is 24.4 Å². The van der Waals surface area contributed by atoms with Crippen molar-refractivity contribution in [1.82, 2.24) is 20.1 Å². The second-order valence-electron chi connectivity index (χ2n) is 9.20. The molecule has 206 valence electrons. The highest BCUT2D eigenvalue weighted by molar-refractivity contribution is 7.12. The van der Waals surface area contributed by atoms with E-state index in [1.807, 2.05) is 42.6 Å². The lowest BCUT2D eigenvalue weighted by molar-refractivity contribution is -0.133. The van der Waals surface area contributed by atoms with E-state index in [1.54, 1.807) is 30.5 Å². The summed E-state index contributed by atoms with van der Waals surface area (Å²) in [4.78, 5) is 31.7. The van der Waals surface area contributed by atoms with Gasteiger partial charge in [0.05, 0.1) is 44.1 Å². The normalized spacial score (nSPS) is 17.7. The Morgan fingerprint density at radius 2 is 2.03 bits per heavy atom. The van der Waals surface area contributed by atoms with E-state index in [0.29, 0.717) is 50.8 Å². The molecule has 38 heavy (non-hydrogen) atoms. The Labute approximate surface area is 228 Å². The number of thiophene rings is 1. The zero-order chi connectivity index (χ0) is 26.9. The number of hydrogen-bond donors (Lipinski definition) is 1. The van der Waals surface area contributed by atoms with Crippen LogP contribution < -0.4 is 14.8 Å². The van der Waals surface area contributed by atoms with Crippen LogP contribution in [-0.4, -0.2) is 99.2 Å². The first-order valence-corrected chi connectivity index (χ1v) is 13.9. The molecule has 1 aromatic heterocycles. The standard InChI is InChI=1S/C27H37N5O5S/c1-4-9-28-27(34)31(11-10-30-12-14-37-15-13-30)19-26(33)32-23(18-22(29-32)25-6-5-16-38-25)21-17-20(35-2)7-8-24(21)36-3/h5-8,16-17,23H,4,9-15,18-19H2,1-3H3,(H,28,34)/t23-/m1/s1. The first-order valence-electron chi connectivity index (χ1n) is 13.0. The van der Waals surface area contributed by atoms with Crippen molar-refractivity contribution in [3.8, 4) is 11.5 Å². The summed E-state index contributed by atoms with van der Waals surface area (Å²) in [6, 6.07) is 8.91. The van der Waals surface area contributed by atoms with Gasteiger partial charge in [0.15, 0.2) is 0 Å². The first-order chi connectivity index (χ1) is 18.5. The Kier molecular flexibility index (Phi) is 9.97. The number of methoxy groups -OCH3 is 2. The molecule has 3 amide bonds. The zero-order valence-electron chi connectivity index (χ0n) is 22.4. The van der Waals surface area contributed by atoms with E-state index in [9.17, 15) is 9.59 Å². The quantitative estimate of drug-likeness (QED) is 0.468. The number of carbonyl (C=O) groups excluding carboxylic acids is 2. The number of benzene rings is 1. The highest BCUT2D eigenvalue weighted by Gasteiger charge is 2.36. The minimum atomic E-state index is -0.385. The molecule has 1 aromatic carbocycles. The lowest BCUT2D eigenvalue weighted by Crippen LogP contribution is -2.49. The average molecular weight is 544 g/mol. The van der Waals surface area contributed by atoms with Crippen LogP contribution in [0.2, 0.25) is 0 Å². The van der Waals surface area contributed by atoms with Crippen LogP contribution in [0.3, 0.4) is 0 Å². The Hall–Kier alpha value is -3.15. The third-order valence-electron chi connectivity index (χ3n) is 6.70. The highest BCUT2D eigenvalue weighted by Crippen LogP contribution is 2.39. The largest absolute Gasteiger partial charge is 0.497 e. The molecule has 4 rings (SSSR count). The lowest BCUT2D eigenvalue weighted by Gasteiger charge is -2.31. The summed E-state index contributed by atoms with van der Waals surface area (Å²) in [5, 5.41) is 11.2. The molecule has 10 nitrogen and oxygen atoms in total. The molecule has 2 aliphatic heterocycles. The maximum atomic E-state index is 13.8. The van der Waals surface area contributed by atoms with E-state index < -0.39 is 0 Å². The van der Waals surface area contributed by atoms with E-state index in [2.05, 4.69) is 10.2 Å². The summed E-state index contributed by atoms with van der Waals surface area (Å²) >= 11 is 1.59. The van der Waals surface area contributed by atoms with Gasteiger partial charge in [-0.05, 0) is 36.1 Å². The van der Waals surface area contributed by atoms with Crippen LogP contribution in [0.4, 0.5) is 4.79 Å². The fourth-order valence-electron chi connectivity index (χ4n) is 4.59. The van der Waals surface area contributed by atoms with Crippen molar-refractivity contribution in [1.29, 1.82) is 0 Å². The molecular weight excluding hydrogens is 506 g/mol. The molecule has 0 bridgehead atoms. The van der Waals surface area contributed by atoms with E-state index in [1.165, 1.54) is 5.01 Å². The van der Waals surface area contributed by atoms with E-state index in [-0.39, 0.29) is 24.5 Å². The van der Waals surface area contributed by atoms with Crippen LogP contribution in [0, 0.1) is 0 Å². The number of nitrogens with zero attached hydrogens (tertiary/aromatic N) is 4. The number of amides is 3. The Morgan fingerprint density at radius 3 is 2.71 bits per heavy atom. The van der Waals surface area contributed by atoms with E-state index in [0.717, 1.165) is 35.7 Å². The van der Waals surface area contributed by atoms with E-state index >= 15 is 0 Å². The summed E-state index contributed by atoms with van der Waals surface area (Å²) in [7, 11) is 3.22. The minimum absolute atomic E-state index is 0.0795. The van der Waals surface area contributed by atoms with Crippen molar-refractivity contribution in [3.63, 3.8) is 0 Å². The fourth-order valence-corrected chi connectivity index (χ4v) is 5.31. The van der Waals surface area contributed by atoms with Gasteiger partial charge in [-0.3, -0.25) is 9.69 Å². The van der Waals surface area contributed by atoms with Gasteiger partial charge in [0.2, 0.25) is 0 Å². The predicted octanol–water partition coefficient (Wildman–Crippen LogP) is 3.20. The van der Waals surface area contributed by atoms with Crippen molar-refractivity contribution in [2.24, 2.45) is 5.10 Å². The van der Waals surface area contributed by atoms with Gasteiger partial charge in [0.25, 0.3) is 5.91 Å². The second-order valence-corrected chi connectivity index (χ2v) is 10.1. The maximum Gasteiger partial charge on any atom is 0.317 e. The second kappa shape index (κ2) is 13.6. The number of hydrogen-bond acceptors (Lipinski definition) is 8. The number of carbonyl (C=O) groups is 2. The summed E-state index contributed by atoms with van der Waals surface area (Å²) in [5.41, 5.74) is 1.64. The van der Waals surface area contributed by atoms with Crippen LogP contribution in [0.5, 0.6) is 11.5 Å². The van der Waals surface area contributed by atoms with Gasteiger partial charge >= 0.3 is 6.03 Å². The summed E-state index contributed by atoms with van der Waals surface area (Å²) < 4.78 is 16.6. The third kappa shape index (κ3) is 6.83. The molecule has 1 fully saturated rings. The lowest BCUT2D eigenvalue weighted by atomic mass is 9.99. The van der Waals surface area contributed by atoms with Crippen molar-refractivity contribution in [2.75, 3.05) is 66.7 Å². The molecule has 3 heterocycles. The van der Waals surface area contributed by atoms with Crippen LogP contribution >= 0.6 is 11.3 Å². The molecule has 2 aromatic rings. The molecule has 1 saturated heterocycles. The third-order valence-corrected chi connectivity index (χ3v) is 7.62. The van der Waals surface area contributed by atoms with Crippen molar-refractivity contribution in [2.45, 2.75) is 25.8 Å². The zero-order valence-corrected chi connectivity index (χ0v) is 23.2. The molecule has 0 aliphatic carbocycles. The monoisotopic (exact) mass is 543 g/mol. The van der Waals surface area contributed by atoms with Gasteiger partial charge in [0, 0.05) is 44.7 Å². The SMILES string of the molecule is CCCNC(=O)N(CCN1CCOCC1)CC(=O)N1N=C(c2cccs2)C[C@@H]1c1cc(OC)ccc1OC. The van der Waals surface area contributed by atoms with Crippen LogP contribution in [0.15, 0.2) is 40.8 Å². The van der Waals surface area contributed by atoms with Gasteiger partial charge in [-0.1, -0.05) is 13.0 Å². The summed E-state index contributed by atoms with van der Waals surface area (Å²) in [6.45, 7) is 6.57. The molecule has 1 N–H and O–H groups in total. The van der Waals surface area contributed by atoms with Crippen molar-refractivity contribution in [3.05, 3.63) is 46.2 Å². The molecule has 1 atom stereocenters. The number of nitrogens with one attached hydrogen (secondary N) is 1. The van der Waals surface area contributed by atoms with Gasteiger partial charge in [-0.25, -0.2) is 9.80 Å². The van der Waals surface area contributed by atoms with Crippen molar-refractivity contribution >= 4 is 29.0 Å². The number of hydrazone groups is 1. The predicted molar refractivity (Wildman–Crippen MR) is 147 cm³/mol. The molecular formula is C27H37N5O5S.